The molecule has 3 heterocycles. The third-order valence-corrected chi connectivity index (χ3v) is 10.1. The van der Waals surface area contributed by atoms with Gasteiger partial charge in [0.15, 0.2) is 0 Å². The maximum absolute atomic E-state index is 14.8. The van der Waals surface area contributed by atoms with E-state index in [0.29, 0.717) is 22.3 Å². The molecule has 7 nitrogen and oxygen atoms in total. The fourth-order valence-electron chi connectivity index (χ4n) is 5.22. The molecule has 6 aromatic rings. The Hall–Kier alpha value is -4.96. The van der Waals surface area contributed by atoms with Crippen molar-refractivity contribution in [3.05, 3.63) is 117 Å². The smallest absolute Gasteiger partial charge is 0.337 e. The second kappa shape index (κ2) is 12.1. The summed E-state index contributed by atoms with van der Waals surface area (Å²) in [5, 5.41) is 12.0. The lowest BCUT2D eigenvalue weighted by Gasteiger charge is -2.15. The molecule has 0 unspecified atom stereocenters. The molecule has 3 aromatic carbocycles. The minimum absolute atomic E-state index is 0.0882. The summed E-state index contributed by atoms with van der Waals surface area (Å²) in [7, 11) is -3.31. The van der Waals surface area contributed by atoms with Crippen LogP contribution in [0.25, 0.3) is 44.4 Å². The maximum atomic E-state index is 14.8. The van der Waals surface area contributed by atoms with Crippen molar-refractivity contribution in [1.82, 2.24) is 8.96 Å². The molecular weight excluding hydrogens is 659 g/mol. The van der Waals surface area contributed by atoms with Gasteiger partial charge in [-0.2, -0.15) is 5.26 Å². The van der Waals surface area contributed by atoms with Gasteiger partial charge in [-0.05, 0) is 65.5 Å². The summed E-state index contributed by atoms with van der Waals surface area (Å²) in [6, 6.07) is 20.7. The Bertz CT molecular complexity index is 2310. The number of hydrogen-bond donors (Lipinski definition) is 0. The van der Waals surface area contributed by atoms with E-state index in [1.165, 1.54) is 31.4 Å². The Kier molecular flexibility index (Phi) is 8.16. The molecule has 0 spiro atoms. The molecule has 0 aliphatic carbocycles. The van der Waals surface area contributed by atoms with Crippen LogP contribution in [0.3, 0.4) is 0 Å². The summed E-state index contributed by atoms with van der Waals surface area (Å²) in [6.45, 7) is 0. The first kappa shape index (κ1) is 31.0. The van der Waals surface area contributed by atoms with Gasteiger partial charge in [0.2, 0.25) is 0 Å². The molecule has 13 heteroatoms. The van der Waals surface area contributed by atoms with Crippen LogP contribution in [-0.4, -0.2) is 30.5 Å². The number of carbonyl (C=O) groups excluding carboxylic acids is 1. The van der Waals surface area contributed by atoms with E-state index in [0.717, 1.165) is 39.7 Å². The molecule has 0 aliphatic heterocycles. The fraction of sp³-hybridized carbons (Fsp3) is 0.0606. The highest BCUT2D eigenvalue weighted by Crippen LogP contribution is 2.46. The van der Waals surface area contributed by atoms with Gasteiger partial charge in [0.1, 0.15) is 27.4 Å². The number of benzene rings is 3. The first-order valence-corrected chi connectivity index (χ1v) is 16.0. The SMILES string of the molecule is COC(=O)c1ccc(-c2cccc(-c3c(-c4ccsc4C#N)c4cc(F)ccc4n3S(=O)(=O)c3ccc(C(F)F)nc3)c2)c(Cl)c1. The van der Waals surface area contributed by atoms with Crippen LogP contribution in [0.15, 0.2) is 95.3 Å². The molecule has 46 heavy (non-hydrogen) atoms. The highest BCUT2D eigenvalue weighted by atomic mass is 35.5. The van der Waals surface area contributed by atoms with Gasteiger partial charge in [0.05, 0.1) is 23.9 Å². The lowest BCUT2D eigenvalue weighted by atomic mass is 9.96. The normalized spacial score (nSPS) is 11.6. The number of fused-ring (bicyclic) bond motifs is 1. The number of rotatable bonds is 7. The average molecular weight is 678 g/mol. The molecular formula is C33H19ClF3N3O4S2. The van der Waals surface area contributed by atoms with Crippen LogP contribution in [-0.2, 0) is 14.8 Å². The van der Waals surface area contributed by atoms with E-state index >= 15 is 0 Å². The summed E-state index contributed by atoms with van der Waals surface area (Å²) in [4.78, 5) is 15.6. The zero-order valence-corrected chi connectivity index (χ0v) is 25.9. The number of aromatic nitrogens is 2. The van der Waals surface area contributed by atoms with Crippen LogP contribution >= 0.6 is 22.9 Å². The zero-order valence-electron chi connectivity index (χ0n) is 23.5. The summed E-state index contributed by atoms with van der Waals surface area (Å²) in [6.07, 6.45) is -2.06. The Morgan fingerprint density at radius 2 is 1.80 bits per heavy atom. The van der Waals surface area contributed by atoms with Gasteiger partial charge in [0, 0.05) is 38.9 Å². The summed E-state index contributed by atoms with van der Waals surface area (Å²) in [5.41, 5.74) is 1.90. The third kappa shape index (κ3) is 5.32. The highest BCUT2D eigenvalue weighted by Gasteiger charge is 2.31. The van der Waals surface area contributed by atoms with Gasteiger partial charge < -0.3 is 4.74 Å². The van der Waals surface area contributed by atoms with Crippen LogP contribution in [0.1, 0.15) is 27.4 Å². The Labute approximate surface area is 269 Å². The Morgan fingerprint density at radius 3 is 2.48 bits per heavy atom. The summed E-state index contributed by atoms with van der Waals surface area (Å²) >= 11 is 7.71. The van der Waals surface area contributed by atoms with Gasteiger partial charge in [-0.25, -0.2) is 30.4 Å². The number of alkyl halides is 2. The van der Waals surface area contributed by atoms with Gasteiger partial charge in [0.25, 0.3) is 16.4 Å². The minimum Gasteiger partial charge on any atom is -0.465 e. The van der Waals surface area contributed by atoms with E-state index in [4.69, 9.17) is 16.3 Å². The van der Waals surface area contributed by atoms with Crippen LogP contribution in [0.2, 0.25) is 5.02 Å². The first-order valence-electron chi connectivity index (χ1n) is 13.4. The number of carbonyl (C=O) groups is 1. The number of methoxy groups -OCH3 is 1. The topological polar surface area (TPSA) is 102 Å². The van der Waals surface area contributed by atoms with Crippen LogP contribution in [0, 0.1) is 17.1 Å². The van der Waals surface area contributed by atoms with E-state index < -0.39 is 33.9 Å². The van der Waals surface area contributed by atoms with Crippen molar-refractivity contribution in [3.8, 4) is 39.6 Å². The predicted molar refractivity (Wildman–Crippen MR) is 169 cm³/mol. The van der Waals surface area contributed by atoms with E-state index in [-0.39, 0.29) is 42.5 Å². The molecule has 0 bridgehead atoms. The molecule has 0 amide bonds. The lowest BCUT2D eigenvalue weighted by Crippen LogP contribution is -2.15. The number of halogens is 4. The number of nitrogens with zero attached hydrogens (tertiary/aromatic N) is 3. The second-order valence-electron chi connectivity index (χ2n) is 9.92. The van der Waals surface area contributed by atoms with Gasteiger partial charge in [-0.15, -0.1) is 11.3 Å². The summed E-state index contributed by atoms with van der Waals surface area (Å²) < 4.78 is 75.9. The fourth-order valence-corrected chi connectivity index (χ4v) is 7.69. The van der Waals surface area contributed by atoms with Crippen molar-refractivity contribution < 1.29 is 31.1 Å². The van der Waals surface area contributed by atoms with Crippen molar-refractivity contribution in [1.29, 1.82) is 5.26 Å². The largest absolute Gasteiger partial charge is 0.465 e. The average Bonchev–Trinajstić information content (AvgIpc) is 3.66. The molecule has 0 N–H and O–H groups in total. The number of nitriles is 1. The molecule has 230 valence electrons. The van der Waals surface area contributed by atoms with Gasteiger partial charge in [-0.1, -0.05) is 35.9 Å². The molecule has 0 aliphatic rings. The van der Waals surface area contributed by atoms with Gasteiger partial charge >= 0.3 is 5.97 Å². The van der Waals surface area contributed by atoms with Crippen LogP contribution in [0.5, 0.6) is 0 Å². The van der Waals surface area contributed by atoms with Crippen molar-refractivity contribution in [2.24, 2.45) is 0 Å². The van der Waals surface area contributed by atoms with Crippen LogP contribution in [0.4, 0.5) is 13.2 Å². The minimum atomic E-state index is -4.56. The maximum Gasteiger partial charge on any atom is 0.337 e. The molecule has 3 aromatic heterocycles. The first-order chi connectivity index (χ1) is 22.0. The molecule has 0 saturated heterocycles. The zero-order chi connectivity index (χ0) is 32.7. The second-order valence-corrected chi connectivity index (χ2v) is 13.0. The molecule has 0 radical (unpaired) electrons. The Balaban J connectivity index is 1.68. The lowest BCUT2D eigenvalue weighted by molar-refractivity contribution is 0.0600. The number of ether oxygens (including phenoxy) is 1. The van der Waals surface area contributed by atoms with E-state index in [2.05, 4.69) is 11.1 Å². The van der Waals surface area contributed by atoms with Crippen molar-refractivity contribution in [2.45, 2.75) is 11.3 Å². The van der Waals surface area contributed by atoms with E-state index in [1.807, 2.05) is 0 Å². The highest BCUT2D eigenvalue weighted by molar-refractivity contribution is 7.90. The molecule has 0 fully saturated rings. The van der Waals surface area contributed by atoms with Crippen molar-refractivity contribution >= 4 is 49.8 Å². The number of pyridine rings is 1. The quantitative estimate of drug-likeness (QED) is 0.157. The molecule has 0 atom stereocenters. The van der Waals surface area contributed by atoms with E-state index in [9.17, 15) is 31.6 Å². The number of thiophene rings is 1. The number of hydrogen-bond acceptors (Lipinski definition) is 7. The third-order valence-electron chi connectivity index (χ3n) is 7.28. The summed E-state index contributed by atoms with van der Waals surface area (Å²) in [5.74, 6) is -1.22. The van der Waals surface area contributed by atoms with Crippen LogP contribution < -0.4 is 0 Å². The predicted octanol–water partition coefficient (Wildman–Crippen LogP) is 8.72. The number of esters is 1. The van der Waals surface area contributed by atoms with Gasteiger partial charge in [-0.3, -0.25) is 4.98 Å². The van der Waals surface area contributed by atoms with Crippen molar-refractivity contribution in [2.75, 3.05) is 7.11 Å². The molecule has 0 saturated carbocycles. The standard InChI is InChI=1S/C33H19ClF3N3O4S2/c1-44-33(41)20-5-8-23(26(34)14-20)18-3-2-4-19(13-18)31-30(24-11-12-45-29(24)16-38)25-15-21(35)6-10-28(25)40(31)46(42,43)22-7-9-27(32(36)37)39-17-22/h2-15,17,32H,1H3. The molecule has 6 rings (SSSR count). The van der Waals surface area contributed by atoms with Crippen molar-refractivity contribution in [3.63, 3.8) is 0 Å². The Morgan fingerprint density at radius 1 is 1.02 bits per heavy atom. The monoisotopic (exact) mass is 677 g/mol. The van der Waals surface area contributed by atoms with E-state index in [1.54, 1.807) is 41.8 Å².